The molecule has 4 N–H and O–H groups in total. The summed E-state index contributed by atoms with van der Waals surface area (Å²) >= 11 is 0. The molecule has 2 rings (SSSR count). The number of rotatable bonds is 6. The average molecular weight is 281 g/mol. The smallest absolute Gasteiger partial charge is 0.239 e. The highest BCUT2D eigenvalue weighted by atomic mass is 16.5. The summed E-state index contributed by atoms with van der Waals surface area (Å²) < 4.78 is 10.8. The van der Waals surface area contributed by atoms with E-state index in [0.29, 0.717) is 56.1 Å². The average Bonchev–Trinajstić information content (AvgIpc) is 2.83. The highest BCUT2D eigenvalue weighted by molar-refractivity contribution is 5.53. The summed E-state index contributed by atoms with van der Waals surface area (Å²) in [5.41, 5.74) is 5.53. The fourth-order valence-electron chi connectivity index (χ4n) is 1.90. The maximum Gasteiger partial charge on any atom is 0.239 e. The van der Waals surface area contributed by atoms with Crippen LogP contribution in [0.4, 0.5) is 11.5 Å². The minimum atomic E-state index is -0.817. The lowest BCUT2D eigenvalue weighted by Crippen LogP contribution is -2.37. The van der Waals surface area contributed by atoms with E-state index >= 15 is 0 Å². The summed E-state index contributed by atoms with van der Waals surface area (Å²) in [6.07, 6.45) is 0.631. The maximum absolute atomic E-state index is 10.2. The molecule has 1 fully saturated rings. The van der Waals surface area contributed by atoms with Gasteiger partial charge in [-0.25, -0.2) is 0 Å². The number of aliphatic hydroxyl groups is 1. The number of nitrogen functional groups attached to an aromatic ring is 1. The van der Waals surface area contributed by atoms with E-state index in [1.165, 1.54) is 0 Å². The van der Waals surface area contributed by atoms with Gasteiger partial charge in [-0.2, -0.15) is 4.98 Å². The van der Waals surface area contributed by atoms with Crippen molar-refractivity contribution in [2.75, 3.05) is 37.4 Å². The van der Waals surface area contributed by atoms with Gasteiger partial charge in [0.2, 0.25) is 5.88 Å². The van der Waals surface area contributed by atoms with Crippen LogP contribution in [-0.4, -0.2) is 42.1 Å². The first kappa shape index (κ1) is 14.9. The Kier molecular flexibility index (Phi) is 4.67. The lowest BCUT2D eigenvalue weighted by Gasteiger charge is -2.21. The minimum Gasteiger partial charge on any atom is -0.476 e. The normalized spacial score (nSPS) is 22.2. The Morgan fingerprint density at radius 1 is 1.55 bits per heavy atom. The molecule has 0 aliphatic carbocycles. The zero-order chi connectivity index (χ0) is 14.6. The summed E-state index contributed by atoms with van der Waals surface area (Å²) in [6, 6.07) is 3.52. The van der Waals surface area contributed by atoms with Gasteiger partial charge >= 0.3 is 0 Å². The van der Waals surface area contributed by atoms with Crippen LogP contribution >= 0.6 is 0 Å². The largest absolute Gasteiger partial charge is 0.476 e. The molecule has 1 aliphatic rings. The van der Waals surface area contributed by atoms with Crippen LogP contribution in [0.25, 0.3) is 0 Å². The SMILES string of the molecule is CC(C)COc1nc(NCC2(O)CCOC2)ccc1N. The van der Waals surface area contributed by atoms with Crippen molar-refractivity contribution in [2.45, 2.75) is 25.9 Å². The van der Waals surface area contributed by atoms with Gasteiger partial charge in [-0.15, -0.1) is 0 Å². The highest BCUT2D eigenvalue weighted by Crippen LogP contribution is 2.23. The van der Waals surface area contributed by atoms with Crippen LogP contribution in [0.15, 0.2) is 12.1 Å². The van der Waals surface area contributed by atoms with Gasteiger partial charge in [0.25, 0.3) is 0 Å². The molecule has 2 heterocycles. The minimum absolute atomic E-state index is 0.353. The van der Waals surface area contributed by atoms with Gasteiger partial charge in [-0.3, -0.25) is 0 Å². The van der Waals surface area contributed by atoms with Crippen molar-refractivity contribution < 1.29 is 14.6 Å². The Morgan fingerprint density at radius 2 is 2.35 bits per heavy atom. The number of hydrogen-bond donors (Lipinski definition) is 3. The number of nitrogens with one attached hydrogen (secondary N) is 1. The lowest BCUT2D eigenvalue weighted by atomic mass is 10.0. The van der Waals surface area contributed by atoms with Crippen LogP contribution < -0.4 is 15.8 Å². The van der Waals surface area contributed by atoms with Gasteiger partial charge in [0.1, 0.15) is 11.4 Å². The number of ether oxygens (including phenoxy) is 2. The Bertz CT molecular complexity index is 445. The van der Waals surface area contributed by atoms with Gasteiger partial charge in [0.05, 0.1) is 18.9 Å². The fraction of sp³-hybridized carbons (Fsp3) is 0.643. The summed E-state index contributed by atoms with van der Waals surface area (Å²) in [5, 5.41) is 13.3. The monoisotopic (exact) mass is 281 g/mol. The second-order valence-corrected chi connectivity index (χ2v) is 5.68. The predicted molar refractivity (Wildman–Crippen MR) is 77.9 cm³/mol. The number of hydrogen-bond acceptors (Lipinski definition) is 6. The summed E-state index contributed by atoms with van der Waals surface area (Å²) in [4.78, 5) is 4.33. The molecule has 1 unspecified atom stereocenters. The van der Waals surface area contributed by atoms with E-state index in [2.05, 4.69) is 24.1 Å². The van der Waals surface area contributed by atoms with Crippen molar-refractivity contribution in [1.82, 2.24) is 4.98 Å². The number of pyridine rings is 1. The Balaban J connectivity index is 1.96. The maximum atomic E-state index is 10.2. The molecule has 1 atom stereocenters. The van der Waals surface area contributed by atoms with E-state index in [1.807, 2.05) is 0 Å². The molecule has 0 saturated carbocycles. The van der Waals surface area contributed by atoms with E-state index in [1.54, 1.807) is 12.1 Å². The molecule has 6 nitrogen and oxygen atoms in total. The molecular weight excluding hydrogens is 258 g/mol. The van der Waals surface area contributed by atoms with Gasteiger partial charge in [-0.1, -0.05) is 13.8 Å². The van der Waals surface area contributed by atoms with Crippen molar-refractivity contribution in [3.63, 3.8) is 0 Å². The van der Waals surface area contributed by atoms with E-state index < -0.39 is 5.60 Å². The molecule has 0 bridgehead atoms. The lowest BCUT2D eigenvalue weighted by molar-refractivity contribution is 0.0381. The highest BCUT2D eigenvalue weighted by Gasteiger charge is 2.32. The van der Waals surface area contributed by atoms with Crippen molar-refractivity contribution >= 4 is 11.5 Å². The van der Waals surface area contributed by atoms with E-state index in [-0.39, 0.29) is 0 Å². The van der Waals surface area contributed by atoms with E-state index in [4.69, 9.17) is 15.2 Å². The zero-order valence-corrected chi connectivity index (χ0v) is 12.1. The van der Waals surface area contributed by atoms with E-state index in [0.717, 1.165) is 0 Å². The number of anilines is 2. The molecule has 6 heteroatoms. The molecule has 1 aromatic rings. The Morgan fingerprint density at radius 3 is 3.00 bits per heavy atom. The van der Waals surface area contributed by atoms with Crippen molar-refractivity contribution in [3.05, 3.63) is 12.1 Å². The van der Waals surface area contributed by atoms with Crippen LogP contribution in [0.2, 0.25) is 0 Å². The summed E-state index contributed by atoms with van der Waals surface area (Å²) in [6.45, 7) is 6.04. The zero-order valence-electron chi connectivity index (χ0n) is 12.1. The second kappa shape index (κ2) is 6.28. The van der Waals surface area contributed by atoms with Crippen molar-refractivity contribution in [1.29, 1.82) is 0 Å². The Hall–Kier alpha value is -1.53. The predicted octanol–water partition coefficient (Wildman–Crippen LogP) is 1.26. The second-order valence-electron chi connectivity index (χ2n) is 5.68. The first-order chi connectivity index (χ1) is 9.48. The number of nitrogens with two attached hydrogens (primary N) is 1. The van der Waals surface area contributed by atoms with Crippen molar-refractivity contribution in [2.24, 2.45) is 5.92 Å². The molecule has 0 aromatic carbocycles. The van der Waals surface area contributed by atoms with Crippen LogP contribution in [0, 0.1) is 5.92 Å². The first-order valence-electron chi connectivity index (χ1n) is 6.92. The third-order valence-electron chi connectivity index (χ3n) is 3.12. The van der Waals surface area contributed by atoms with Gasteiger partial charge < -0.3 is 25.6 Å². The number of nitrogens with zero attached hydrogens (tertiary/aromatic N) is 1. The third-order valence-corrected chi connectivity index (χ3v) is 3.12. The van der Waals surface area contributed by atoms with Gasteiger partial charge in [0, 0.05) is 19.6 Å². The van der Waals surface area contributed by atoms with Crippen LogP contribution in [0.3, 0.4) is 0 Å². The third kappa shape index (κ3) is 3.98. The number of aromatic nitrogens is 1. The molecule has 112 valence electrons. The first-order valence-corrected chi connectivity index (χ1v) is 6.92. The van der Waals surface area contributed by atoms with Gasteiger partial charge in [0.15, 0.2) is 0 Å². The summed E-state index contributed by atoms with van der Waals surface area (Å²) in [5.74, 6) is 1.47. The quantitative estimate of drug-likeness (QED) is 0.727. The molecule has 0 amide bonds. The fourth-order valence-corrected chi connectivity index (χ4v) is 1.90. The Labute approximate surface area is 119 Å². The molecule has 0 spiro atoms. The molecule has 1 aliphatic heterocycles. The molecule has 1 aromatic heterocycles. The van der Waals surface area contributed by atoms with E-state index in [9.17, 15) is 5.11 Å². The molecule has 0 radical (unpaired) electrons. The van der Waals surface area contributed by atoms with Crippen LogP contribution in [-0.2, 0) is 4.74 Å². The standard InChI is InChI=1S/C14H23N3O3/c1-10(2)7-20-13-11(15)3-4-12(17-13)16-8-14(18)5-6-19-9-14/h3-4,10,18H,5-9,15H2,1-2H3,(H,16,17). The van der Waals surface area contributed by atoms with Crippen molar-refractivity contribution in [3.8, 4) is 5.88 Å². The molecular formula is C14H23N3O3. The summed E-state index contributed by atoms with van der Waals surface area (Å²) in [7, 11) is 0. The molecule has 20 heavy (non-hydrogen) atoms. The molecule has 1 saturated heterocycles. The topological polar surface area (TPSA) is 89.6 Å². The van der Waals surface area contributed by atoms with Crippen LogP contribution in [0.1, 0.15) is 20.3 Å². The van der Waals surface area contributed by atoms with Crippen LogP contribution in [0.5, 0.6) is 5.88 Å². The van der Waals surface area contributed by atoms with Gasteiger partial charge in [-0.05, 0) is 18.1 Å².